The van der Waals surface area contributed by atoms with Crippen molar-refractivity contribution >= 4 is 15.9 Å². The summed E-state index contributed by atoms with van der Waals surface area (Å²) < 4.78 is 21.2. The minimum Gasteiger partial charge on any atom is -0.372 e. The number of aromatic nitrogens is 2. The Morgan fingerprint density at radius 3 is 2.76 bits per heavy atom. The maximum Gasteiger partial charge on any atom is 0.136 e. The summed E-state index contributed by atoms with van der Waals surface area (Å²) >= 11 is 3.54. The van der Waals surface area contributed by atoms with Crippen molar-refractivity contribution in [3.05, 3.63) is 40.5 Å². The predicted molar refractivity (Wildman–Crippen MR) is 65.0 cm³/mol. The Hall–Kier alpha value is -1.20. The van der Waals surface area contributed by atoms with Gasteiger partial charge in [0.15, 0.2) is 0 Å². The fourth-order valence-corrected chi connectivity index (χ4v) is 2.62. The van der Waals surface area contributed by atoms with E-state index in [1.807, 2.05) is 0 Å². The zero-order chi connectivity index (χ0) is 11.8. The van der Waals surface area contributed by atoms with Gasteiger partial charge in [0.2, 0.25) is 0 Å². The number of hydrogen-bond acceptors (Lipinski definition) is 2. The van der Waals surface area contributed by atoms with Crippen molar-refractivity contribution < 1.29 is 9.13 Å². The molecule has 5 heteroatoms. The van der Waals surface area contributed by atoms with Gasteiger partial charge < -0.3 is 9.30 Å². The molecule has 3 nitrogen and oxygen atoms in total. The monoisotopic (exact) mass is 296 g/mol. The van der Waals surface area contributed by atoms with E-state index >= 15 is 0 Å². The van der Waals surface area contributed by atoms with Crippen molar-refractivity contribution in [1.82, 2.24) is 9.55 Å². The molecule has 0 saturated heterocycles. The van der Waals surface area contributed by atoms with Crippen LogP contribution in [0.4, 0.5) is 4.39 Å². The van der Waals surface area contributed by atoms with E-state index in [0.717, 1.165) is 28.2 Å². The highest BCUT2D eigenvalue weighted by Crippen LogP contribution is 2.30. The Balaban J connectivity index is 2.09. The van der Waals surface area contributed by atoms with Crippen LogP contribution in [-0.2, 0) is 17.9 Å². The molecule has 0 amide bonds. The zero-order valence-corrected chi connectivity index (χ0v) is 10.6. The first-order valence-corrected chi connectivity index (χ1v) is 6.13. The molecular weight excluding hydrogens is 287 g/mol. The molecule has 0 atom stereocenters. The van der Waals surface area contributed by atoms with E-state index in [-0.39, 0.29) is 5.82 Å². The third-order valence-electron chi connectivity index (χ3n) is 2.79. The number of ether oxygens (including phenoxy) is 1. The average molecular weight is 297 g/mol. The molecule has 1 aliphatic heterocycles. The molecule has 0 saturated carbocycles. The standard InChI is InChI=1S/C12H10BrFN2O/c13-12-11(8-1-3-9(14)4-2-8)15-10-7-17-6-5-16(10)12/h1-4H,5-7H2. The lowest BCUT2D eigenvalue weighted by atomic mass is 10.2. The summed E-state index contributed by atoms with van der Waals surface area (Å²) in [6.07, 6.45) is 0. The van der Waals surface area contributed by atoms with Gasteiger partial charge in [0, 0.05) is 12.1 Å². The third-order valence-corrected chi connectivity index (χ3v) is 3.60. The molecule has 88 valence electrons. The van der Waals surface area contributed by atoms with Gasteiger partial charge in [-0.1, -0.05) is 0 Å². The van der Waals surface area contributed by atoms with E-state index in [0.29, 0.717) is 13.2 Å². The highest BCUT2D eigenvalue weighted by molar-refractivity contribution is 9.10. The minimum absolute atomic E-state index is 0.239. The van der Waals surface area contributed by atoms with Crippen LogP contribution in [0.3, 0.4) is 0 Å². The van der Waals surface area contributed by atoms with Crippen molar-refractivity contribution in [3.63, 3.8) is 0 Å². The summed E-state index contributed by atoms with van der Waals surface area (Å²) in [6, 6.07) is 6.35. The van der Waals surface area contributed by atoms with Crippen LogP contribution in [0.1, 0.15) is 5.82 Å². The molecule has 2 heterocycles. The minimum atomic E-state index is -0.239. The summed E-state index contributed by atoms with van der Waals surface area (Å²) in [5.41, 5.74) is 1.74. The quantitative estimate of drug-likeness (QED) is 0.809. The molecule has 0 radical (unpaired) electrons. The second kappa shape index (κ2) is 4.23. The fraction of sp³-hybridized carbons (Fsp3) is 0.250. The normalized spacial score (nSPS) is 14.7. The number of halogens is 2. The molecule has 1 aromatic heterocycles. The van der Waals surface area contributed by atoms with Crippen LogP contribution in [0.15, 0.2) is 28.9 Å². The molecule has 0 N–H and O–H groups in total. The van der Waals surface area contributed by atoms with Gasteiger partial charge in [-0.2, -0.15) is 0 Å². The highest BCUT2D eigenvalue weighted by atomic mass is 79.9. The van der Waals surface area contributed by atoms with Gasteiger partial charge in [-0.05, 0) is 40.2 Å². The van der Waals surface area contributed by atoms with E-state index in [4.69, 9.17) is 4.74 Å². The van der Waals surface area contributed by atoms with E-state index in [9.17, 15) is 4.39 Å². The molecule has 0 bridgehead atoms. The Bertz CT molecular complexity index is 550. The average Bonchev–Trinajstić information content (AvgIpc) is 2.69. The van der Waals surface area contributed by atoms with E-state index in [1.165, 1.54) is 12.1 Å². The highest BCUT2D eigenvalue weighted by Gasteiger charge is 2.19. The van der Waals surface area contributed by atoms with Gasteiger partial charge in [0.05, 0.1) is 6.61 Å². The first-order chi connectivity index (χ1) is 8.25. The molecule has 3 rings (SSSR count). The Labute approximate surface area is 106 Å². The number of hydrogen-bond donors (Lipinski definition) is 0. The lowest BCUT2D eigenvalue weighted by molar-refractivity contribution is 0.0809. The number of fused-ring (bicyclic) bond motifs is 1. The summed E-state index contributed by atoms with van der Waals surface area (Å²) in [4.78, 5) is 4.52. The zero-order valence-electron chi connectivity index (χ0n) is 8.99. The Morgan fingerprint density at radius 2 is 2.06 bits per heavy atom. The SMILES string of the molecule is Fc1ccc(-c2nc3n(c2Br)CCOC3)cc1. The molecule has 0 unspecified atom stereocenters. The predicted octanol–water partition coefficient (Wildman–Crippen LogP) is 2.98. The lowest BCUT2D eigenvalue weighted by Crippen LogP contribution is -2.16. The number of nitrogens with zero attached hydrogens (tertiary/aromatic N) is 2. The van der Waals surface area contributed by atoms with Crippen LogP contribution >= 0.6 is 15.9 Å². The molecule has 0 fully saturated rings. The van der Waals surface area contributed by atoms with Gasteiger partial charge in [-0.3, -0.25) is 0 Å². The Kier molecular flexibility index (Phi) is 2.72. The van der Waals surface area contributed by atoms with Crippen LogP contribution in [0, 0.1) is 5.82 Å². The van der Waals surface area contributed by atoms with Gasteiger partial charge in [-0.25, -0.2) is 9.37 Å². The first kappa shape index (κ1) is 10.9. The molecule has 2 aromatic rings. The van der Waals surface area contributed by atoms with E-state index < -0.39 is 0 Å². The van der Waals surface area contributed by atoms with E-state index in [2.05, 4.69) is 25.5 Å². The molecule has 1 aromatic carbocycles. The van der Waals surface area contributed by atoms with Gasteiger partial charge in [0.25, 0.3) is 0 Å². The number of imidazole rings is 1. The summed E-state index contributed by atoms with van der Waals surface area (Å²) in [5.74, 6) is 0.666. The van der Waals surface area contributed by atoms with Crippen molar-refractivity contribution in [2.45, 2.75) is 13.2 Å². The van der Waals surface area contributed by atoms with Crippen LogP contribution in [0.25, 0.3) is 11.3 Å². The summed E-state index contributed by atoms with van der Waals surface area (Å²) in [7, 11) is 0. The van der Waals surface area contributed by atoms with Crippen LogP contribution in [0.5, 0.6) is 0 Å². The smallest absolute Gasteiger partial charge is 0.136 e. The molecular formula is C12H10BrFN2O. The molecule has 0 aliphatic carbocycles. The summed E-state index contributed by atoms with van der Waals surface area (Å²) in [6.45, 7) is 2.02. The van der Waals surface area contributed by atoms with Crippen molar-refractivity contribution in [1.29, 1.82) is 0 Å². The molecule has 0 spiro atoms. The second-order valence-corrected chi connectivity index (χ2v) is 4.63. The number of benzene rings is 1. The maximum atomic E-state index is 12.9. The van der Waals surface area contributed by atoms with Crippen molar-refractivity contribution in [2.75, 3.05) is 6.61 Å². The van der Waals surface area contributed by atoms with Gasteiger partial charge >= 0.3 is 0 Å². The molecule has 1 aliphatic rings. The van der Waals surface area contributed by atoms with Crippen molar-refractivity contribution in [3.8, 4) is 11.3 Å². The second-order valence-electron chi connectivity index (χ2n) is 3.88. The largest absolute Gasteiger partial charge is 0.372 e. The van der Waals surface area contributed by atoms with Crippen LogP contribution in [-0.4, -0.2) is 16.2 Å². The van der Waals surface area contributed by atoms with Crippen LogP contribution < -0.4 is 0 Å². The molecule has 17 heavy (non-hydrogen) atoms. The Morgan fingerprint density at radius 1 is 1.29 bits per heavy atom. The van der Waals surface area contributed by atoms with Gasteiger partial charge in [0.1, 0.15) is 28.5 Å². The topological polar surface area (TPSA) is 27.1 Å². The van der Waals surface area contributed by atoms with Gasteiger partial charge in [-0.15, -0.1) is 0 Å². The maximum absolute atomic E-state index is 12.9. The summed E-state index contributed by atoms with van der Waals surface area (Å²) in [5, 5.41) is 0. The first-order valence-electron chi connectivity index (χ1n) is 5.34. The number of rotatable bonds is 1. The lowest BCUT2D eigenvalue weighted by Gasteiger charge is -2.14. The van der Waals surface area contributed by atoms with Crippen molar-refractivity contribution in [2.24, 2.45) is 0 Å². The fourth-order valence-electron chi connectivity index (χ4n) is 1.92. The third kappa shape index (κ3) is 1.89. The van der Waals surface area contributed by atoms with Crippen LogP contribution in [0.2, 0.25) is 0 Å². The van der Waals surface area contributed by atoms with E-state index in [1.54, 1.807) is 12.1 Å².